The molecule has 0 aliphatic heterocycles. The van der Waals surface area contributed by atoms with Crippen molar-refractivity contribution in [3.63, 3.8) is 0 Å². The molecule has 2 aliphatic carbocycles. The van der Waals surface area contributed by atoms with E-state index in [4.69, 9.17) is 53.0 Å². The van der Waals surface area contributed by atoms with Crippen molar-refractivity contribution < 1.29 is 0 Å². The summed E-state index contributed by atoms with van der Waals surface area (Å²) in [5, 5.41) is 23.4. The molecule has 20 aromatic carbocycles. The zero-order chi connectivity index (χ0) is 97.8. The van der Waals surface area contributed by atoms with E-state index in [2.05, 4.69) is 325 Å². The van der Waals surface area contributed by atoms with Crippen molar-refractivity contribution in [3.05, 3.63) is 543 Å². The van der Waals surface area contributed by atoms with E-state index in [-0.39, 0.29) is 11.8 Å². The first-order valence-electron chi connectivity index (χ1n) is 48.7. The number of pyridine rings is 2. The van der Waals surface area contributed by atoms with Crippen LogP contribution < -0.4 is 0 Å². The summed E-state index contributed by atoms with van der Waals surface area (Å²) in [6, 6.07) is 161. The van der Waals surface area contributed by atoms with E-state index in [0.717, 1.165) is 138 Å². The van der Waals surface area contributed by atoms with Gasteiger partial charge in [0.05, 0.1) is 41.5 Å². The average molecular weight is 1860 g/mol. The number of nitrogens with zero attached hydrogens (tertiary/aromatic N) is 11. The van der Waals surface area contributed by atoms with E-state index in [9.17, 15) is 5.26 Å². The Balaban J connectivity index is 0.000000118. The van der Waals surface area contributed by atoms with Crippen LogP contribution in [0.25, 0.3) is 243 Å². The highest BCUT2D eigenvalue weighted by Crippen LogP contribution is 2.51. The molecule has 0 fully saturated rings. The fourth-order valence-electron chi connectivity index (χ4n) is 20.4. The molecule has 11 heteroatoms. The Morgan fingerprint density at radius 1 is 0.226 bits per heavy atom. The standard InChI is InChI=1S/C48H32N4.C48H30N4.C39H23N3/c1-49-38-27-24-33(25-28-38)39-30-31-43(42-19-11-10-18-41(39)42)44-29-26-32-12-8-9-17-40(32)45(44)34-20-22-37(23-21-34)48-51-46(35-13-4-2-5-14-35)50-47(52-48)36-15-6-3-7-16-36;1-49-39-27-25-34(26-28-39)41-29-30-42(44-17-9-8-16-43(41)44)38-24-21-32-15-10-18-40(45(32)31-38)33-19-22-37(23-20-33)48-51-46(35-11-4-2-5-12-35)50-47(52-48)36-13-6-3-7-14-36;40-24-25-11-13-27(14-12-25)34-22-30-7-1-2-8-31(30)23-35(34)33-19-17-26-6-3-4-10-32(26)37(33)36-20-18-29-16-15-28-9-5-21-41-38(28)39(29)42-36/h2-31,41-42H;2-31H;1-23H. The monoisotopic (exact) mass is 1860 g/mol. The normalized spacial score (nSPS) is 12.9. The minimum Gasteiger partial charge on any atom is -0.254 e. The third-order valence-electron chi connectivity index (χ3n) is 27.7. The molecule has 146 heavy (non-hydrogen) atoms. The van der Waals surface area contributed by atoms with E-state index >= 15 is 0 Å². The molecule has 2 aliphatic rings. The largest absolute Gasteiger partial charge is 0.254 e. The van der Waals surface area contributed by atoms with Crippen LogP contribution in [0, 0.1) is 36.3 Å². The van der Waals surface area contributed by atoms with Crippen LogP contribution in [-0.2, 0) is 0 Å². The molecule has 0 radical (unpaired) electrons. The summed E-state index contributed by atoms with van der Waals surface area (Å²) < 4.78 is 0. The summed E-state index contributed by atoms with van der Waals surface area (Å²) in [5.41, 5.74) is 30.0. The summed E-state index contributed by atoms with van der Waals surface area (Å²) in [6.45, 7) is 14.7. The summed E-state index contributed by atoms with van der Waals surface area (Å²) >= 11 is 0. The summed E-state index contributed by atoms with van der Waals surface area (Å²) in [7, 11) is 0. The number of allylic oxidation sites excluding steroid dienone is 8. The molecule has 4 aromatic heterocycles. The second kappa shape index (κ2) is 39.3. The van der Waals surface area contributed by atoms with E-state index in [1.165, 1.54) is 70.9 Å². The zero-order valence-electron chi connectivity index (χ0n) is 79.0. The Labute approximate surface area is 844 Å². The minimum atomic E-state index is 0.169. The van der Waals surface area contributed by atoms with E-state index < -0.39 is 0 Å². The maximum atomic E-state index is 9.42. The van der Waals surface area contributed by atoms with Gasteiger partial charge in [-0.05, 0) is 185 Å². The molecule has 4 heterocycles. The molecular formula is C135H85N11. The van der Waals surface area contributed by atoms with Crippen LogP contribution in [0.15, 0.2) is 504 Å². The van der Waals surface area contributed by atoms with Crippen molar-refractivity contribution in [2.24, 2.45) is 11.8 Å². The van der Waals surface area contributed by atoms with Crippen molar-refractivity contribution >= 4 is 98.2 Å². The van der Waals surface area contributed by atoms with Crippen LogP contribution >= 0.6 is 0 Å². The zero-order valence-corrected chi connectivity index (χ0v) is 79.0. The maximum absolute atomic E-state index is 9.42. The Morgan fingerprint density at radius 2 is 0.582 bits per heavy atom. The van der Waals surface area contributed by atoms with Gasteiger partial charge in [0.1, 0.15) is 0 Å². The van der Waals surface area contributed by atoms with E-state index in [1.807, 2.05) is 194 Å². The van der Waals surface area contributed by atoms with Crippen molar-refractivity contribution in [1.29, 1.82) is 5.26 Å². The Kier molecular flexibility index (Phi) is 23.9. The van der Waals surface area contributed by atoms with Gasteiger partial charge >= 0.3 is 0 Å². The van der Waals surface area contributed by atoms with Gasteiger partial charge in [-0.25, -0.2) is 44.6 Å². The molecule has 0 amide bonds. The van der Waals surface area contributed by atoms with Crippen LogP contribution in [0.3, 0.4) is 0 Å². The molecule has 11 nitrogen and oxygen atoms in total. The molecule has 0 saturated carbocycles. The lowest BCUT2D eigenvalue weighted by Crippen LogP contribution is -2.19. The van der Waals surface area contributed by atoms with Crippen LogP contribution in [0.1, 0.15) is 16.7 Å². The first kappa shape index (κ1) is 88.7. The van der Waals surface area contributed by atoms with Crippen molar-refractivity contribution in [2.75, 3.05) is 0 Å². The van der Waals surface area contributed by atoms with Gasteiger partial charge in [0.2, 0.25) is 0 Å². The number of rotatable bonds is 15. The fourth-order valence-corrected chi connectivity index (χ4v) is 20.4. The number of benzene rings is 20. The van der Waals surface area contributed by atoms with Gasteiger partial charge in [-0.1, -0.05) is 455 Å². The lowest BCUT2D eigenvalue weighted by molar-refractivity contribution is 0.695. The summed E-state index contributed by atoms with van der Waals surface area (Å²) in [4.78, 5) is 46.6. The molecule has 0 spiro atoms. The van der Waals surface area contributed by atoms with Gasteiger partial charge in [0.15, 0.2) is 46.3 Å². The molecule has 680 valence electrons. The average Bonchev–Trinajstić information content (AvgIpc) is 0.737. The minimum absolute atomic E-state index is 0.169. The number of hydrogen-bond donors (Lipinski definition) is 0. The lowest BCUT2D eigenvalue weighted by Gasteiger charge is -2.33. The number of aromatic nitrogens is 8. The SMILES string of the molecule is N#Cc1ccc(-c2cc3ccccc3cc2-c2ccc3ccccc3c2-c2ccc3ccc4cccnc4c3n2)cc1.[C-]#[N+]c1ccc(-c2ccc(-c3ccc4cccc(-c5ccc(-c6nc(-c7ccccc7)nc(-c7ccccc7)n6)cc5)c4c3)c3ccccc23)cc1.[C-]#[N+]c1ccc(C2=CC=C(c3ccc4ccccc4c3-c3ccc(-c4nc(-c5ccccc5)nc(-c5ccccc5)n4)cc3)C3C=CC=CC23)cc1. The predicted octanol–water partition coefficient (Wildman–Crippen LogP) is 34.8. The van der Waals surface area contributed by atoms with Crippen LogP contribution in [0.5, 0.6) is 0 Å². The number of hydrogen-bond acceptors (Lipinski definition) is 9. The second-order valence-electron chi connectivity index (χ2n) is 36.3. The molecule has 24 aromatic rings. The predicted molar refractivity (Wildman–Crippen MR) is 600 cm³/mol. The van der Waals surface area contributed by atoms with Gasteiger partial charge < -0.3 is 0 Å². The van der Waals surface area contributed by atoms with E-state index in [0.29, 0.717) is 51.9 Å². The molecule has 0 N–H and O–H groups in total. The smallest absolute Gasteiger partial charge is 0.187 e. The van der Waals surface area contributed by atoms with E-state index in [1.54, 1.807) is 0 Å². The molecule has 0 bridgehead atoms. The van der Waals surface area contributed by atoms with Crippen molar-refractivity contribution in [2.45, 2.75) is 0 Å². The highest BCUT2D eigenvalue weighted by molar-refractivity contribution is 6.12. The van der Waals surface area contributed by atoms with Gasteiger partial charge in [0.25, 0.3) is 0 Å². The Bertz CT molecular complexity index is 9360. The number of fused-ring (bicyclic) bond motifs is 9. The van der Waals surface area contributed by atoms with Gasteiger partial charge in [-0.3, -0.25) is 4.98 Å². The molecule has 2 atom stereocenters. The number of nitriles is 1. The molecule has 0 saturated heterocycles. The Morgan fingerprint density at radius 3 is 1.11 bits per heavy atom. The second-order valence-corrected chi connectivity index (χ2v) is 36.3. The summed E-state index contributed by atoms with van der Waals surface area (Å²) in [6.07, 6.45) is 15.4. The van der Waals surface area contributed by atoms with Crippen LogP contribution in [0.2, 0.25) is 0 Å². The van der Waals surface area contributed by atoms with Gasteiger partial charge in [0, 0.05) is 67.7 Å². The molecule has 26 rings (SSSR count). The first-order valence-corrected chi connectivity index (χ1v) is 48.7. The van der Waals surface area contributed by atoms with Gasteiger partial charge in [-0.15, -0.1) is 0 Å². The van der Waals surface area contributed by atoms with Crippen molar-refractivity contribution in [3.8, 4) is 152 Å². The van der Waals surface area contributed by atoms with Crippen LogP contribution in [0.4, 0.5) is 11.4 Å². The molecule has 2 unspecified atom stereocenters. The first-order chi connectivity index (χ1) is 72.2. The van der Waals surface area contributed by atoms with Crippen LogP contribution in [-0.4, -0.2) is 39.9 Å². The third-order valence-corrected chi connectivity index (χ3v) is 27.7. The maximum Gasteiger partial charge on any atom is 0.187 e. The highest BCUT2D eigenvalue weighted by Gasteiger charge is 2.32. The quantitative estimate of drug-likeness (QED) is 0.0726. The lowest BCUT2D eigenvalue weighted by atomic mass is 9.70. The van der Waals surface area contributed by atoms with Gasteiger partial charge in [-0.2, -0.15) is 5.26 Å². The highest BCUT2D eigenvalue weighted by atomic mass is 15.0. The Hall–Kier alpha value is -20.0. The fraction of sp³-hybridized carbons (Fsp3) is 0.0148. The summed E-state index contributed by atoms with van der Waals surface area (Å²) in [5.74, 6) is 4.21. The van der Waals surface area contributed by atoms with Crippen molar-refractivity contribution in [1.82, 2.24) is 39.9 Å². The topological polar surface area (TPSA) is 136 Å². The third kappa shape index (κ3) is 17.5. The molecular weight excluding hydrogens is 1780 g/mol.